The summed E-state index contributed by atoms with van der Waals surface area (Å²) in [7, 11) is -3.75. The molecule has 166 valence electrons. The van der Waals surface area contributed by atoms with Gasteiger partial charge in [-0.25, -0.2) is 17.5 Å². The summed E-state index contributed by atoms with van der Waals surface area (Å²) >= 11 is 0. The first kappa shape index (κ1) is 22.8. The number of aryl methyl sites for hydroxylation is 1. The molecular weight excluding hydrogens is 433 g/mol. The van der Waals surface area contributed by atoms with Crippen molar-refractivity contribution < 1.29 is 31.1 Å². The Hall–Kier alpha value is -2.85. The second kappa shape index (κ2) is 9.97. The summed E-state index contributed by atoms with van der Waals surface area (Å²) in [6.07, 6.45) is 2.15. The fourth-order valence-corrected chi connectivity index (χ4v) is 4.37. The number of rotatable bonds is 9. The molecule has 1 aliphatic rings. The van der Waals surface area contributed by atoms with Crippen LogP contribution in [0.4, 0.5) is 13.2 Å². The Morgan fingerprint density at radius 2 is 1.81 bits per heavy atom. The standard InChI is InChI=1S/C21H21F3N2O4S/c22-17-5-1-14(2-6-17)11-20(27)25-9-10-26-31(28,29)19-8-4-15-12-18(30-21(23)24)7-3-16(15)13-19/h1-3,5-7,12-13,21,26H,4,8-11H2,(H,25,27). The number of alkyl halides is 2. The maximum atomic E-state index is 12.9. The van der Waals surface area contributed by atoms with E-state index in [1.807, 2.05) is 0 Å². The van der Waals surface area contributed by atoms with Gasteiger partial charge in [-0.2, -0.15) is 8.78 Å². The monoisotopic (exact) mass is 454 g/mol. The molecule has 0 aliphatic heterocycles. The van der Waals surface area contributed by atoms with Crippen LogP contribution in [0.2, 0.25) is 0 Å². The summed E-state index contributed by atoms with van der Waals surface area (Å²) < 4.78 is 69.4. The van der Waals surface area contributed by atoms with E-state index in [1.54, 1.807) is 0 Å². The van der Waals surface area contributed by atoms with Crippen LogP contribution in [0.1, 0.15) is 23.1 Å². The molecule has 2 aromatic carbocycles. The minimum absolute atomic E-state index is 0.00283. The van der Waals surface area contributed by atoms with Crippen LogP contribution in [0.3, 0.4) is 0 Å². The van der Waals surface area contributed by atoms with E-state index in [0.717, 1.165) is 5.56 Å². The Morgan fingerprint density at radius 3 is 2.52 bits per heavy atom. The zero-order chi connectivity index (χ0) is 22.4. The molecule has 31 heavy (non-hydrogen) atoms. The minimum Gasteiger partial charge on any atom is -0.435 e. The van der Waals surface area contributed by atoms with Crippen molar-refractivity contribution in [2.24, 2.45) is 0 Å². The lowest BCUT2D eigenvalue weighted by Gasteiger charge is -2.18. The van der Waals surface area contributed by atoms with Crippen molar-refractivity contribution in [1.82, 2.24) is 10.0 Å². The summed E-state index contributed by atoms with van der Waals surface area (Å²) in [6.45, 7) is -2.83. The Labute approximate surface area is 178 Å². The quantitative estimate of drug-likeness (QED) is 0.571. The van der Waals surface area contributed by atoms with Crippen molar-refractivity contribution in [1.29, 1.82) is 0 Å². The minimum atomic E-state index is -3.75. The van der Waals surface area contributed by atoms with Crippen molar-refractivity contribution >= 4 is 22.0 Å². The number of carbonyl (C=O) groups excluding carboxylic acids is 1. The number of benzene rings is 2. The number of sulfonamides is 1. The van der Waals surface area contributed by atoms with Crippen LogP contribution in [0.25, 0.3) is 6.08 Å². The van der Waals surface area contributed by atoms with Gasteiger partial charge in [-0.1, -0.05) is 18.2 Å². The van der Waals surface area contributed by atoms with Gasteiger partial charge in [0.1, 0.15) is 11.6 Å². The molecule has 2 N–H and O–H groups in total. The van der Waals surface area contributed by atoms with E-state index in [0.29, 0.717) is 17.5 Å². The highest BCUT2D eigenvalue weighted by atomic mass is 32.2. The molecule has 0 aromatic heterocycles. The van der Waals surface area contributed by atoms with Gasteiger partial charge in [-0.3, -0.25) is 4.79 Å². The molecule has 0 saturated carbocycles. The molecule has 0 unspecified atom stereocenters. The molecule has 0 radical (unpaired) electrons. The molecule has 0 bridgehead atoms. The average molecular weight is 454 g/mol. The van der Waals surface area contributed by atoms with Crippen LogP contribution < -0.4 is 14.8 Å². The molecule has 0 heterocycles. The predicted molar refractivity (Wildman–Crippen MR) is 109 cm³/mol. The predicted octanol–water partition coefficient (Wildman–Crippen LogP) is 2.99. The first-order valence-corrected chi connectivity index (χ1v) is 11.0. The van der Waals surface area contributed by atoms with Crippen molar-refractivity contribution in [3.8, 4) is 5.75 Å². The lowest BCUT2D eigenvalue weighted by atomic mass is 9.97. The van der Waals surface area contributed by atoms with Gasteiger partial charge in [-0.15, -0.1) is 0 Å². The topological polar surface area (TPSA) is 84.5 Å². The van der Waals surface area contributed by atoms with Gasteiger partial charge in [0.15, 0.2) is 0 Å². The molecule has 1 aliphatic carbocycles. The maximum Gasteiger partial charge on any atom is 0.387 e. The number of halogens is 3. The molecule has 3 rings (SSSR count). The first-order valence-electron chi connectivity index (χ1n) is 9.52. The molecule has 2 aromatic rings. The van der Waals surface area contributed by atoms with Gasteiger partial charge < -0.3 is 10.1 Å². The average Bonchev–Trinajstić information content (AvgIpc) is 2.72. The highest BCUT2D eigenvalue weighted by molar-refractivity contribution is 7.93. The lowest BCUT2D eigenvalue weighted by Crippen LogP contribution is -2.36. The number of hydrogen-bond donors (Lipinski definition) is 2. The summed E-state index contributed by atoms with van der Waals surface area (Å²) in [6, 6.07) is 9.92. The number of amides is 1. The van der Waals surface area contributed by atoms with Gasteiger partial charge >= 0.3 is 6.61 Å². The van der Waals surface area contributed by atoms with Gasteiger partial charge in [0, 0.05) is 13.1 Å². The van der Waals surface area contributed by atoms with E-state index < -0.39 is 16.6 Å². The zero-order valence-corrected chi connectivity index (χ0v) is 17.2. The van der Waals surface area contributed by atoms with Crippen LogP contribution in [-0.2, 0) is 27.7 Å². The normalized spacial score (nSPS) is 13.5. The van der Waals surface area contributed by atoms with E-state index in [4.69, 9.17) is 0 Å². The summed E-state index contributed by atoms with van der Waals surface area (Å²) in [4.78, 5) is 12.1. The Kier molecular flexibility index (Phi) is 7.34. The Bertz CT molecular complexity index is 1070. The van der Waals surface area contributed by atoms with E-state index in [1.165, 1.54) is 48.5 Å². The van der Waals surface area contributed by atoms with E-state index in [2.05, 4.69) is 14.8 Å². The SMILES string of the molecule is O=C(Cc1ccc(F)cc1)NCCNS(=O)(=O)C1=Cc2ccc(OC(F)F)cc2CC1. The van der Waals surface area contributed by atoms with Crippen LogP contribution in [0.5, 0.6) is 5.75 Å². The number of fused-ring (bicyclic) bond motifs is 1. The van der Waals surface area contributed by atoms with Crippen LogP contribution in [0, 0.1) is 5.82 Å². The molecule has 10 heteroatoms. The molecule has 6 nitrogen and oxygen atoms in total. The third kappa shape index (κ3) is 6.56. The van der Waals surface area contributed by atoms with Gasteiger partial charge in [0.2, 0.25) is 15.9 Å². The highest BCUT2D eigenvalue weighted by Gasteiger charge is 2.22. The van der Waals surface area contributed by atoms with E-state index in [9.17, 15) is 26.4 Å². The van der Waals surface area contributed by atoms with E-state index >= 15 is 0 Å². The number of carbonyl (C=O) groups is 1. The van der Waals surface area contributed by atoms with Gasteiger partial charge in [-0.05, 0) is 59.9 Å². The third-order valence-corrected chi connectivity index (χ3v) is 6.26. The molecular formula is C21H21F3N2O4S. The van der Waals surface area contributed by atoms with Crippen LogP contribution in [0.15, 0.2) is 47.4 Å². The molecule has 0 saturated heterocycles. The second-order valence-corrected chi connectivity index (χ2v) is 8.72. The summed E-state index contributed by atoms with van der Waals surface area (Å²) in [5, 5.41) is 2.60. The van der Waals surface area contributed by atoms with Crippen molar-refractivity contribution in [3.05, 3.63) is 69.9 Å². The van der Waals surface area contributed by atoms with Crippen molar-refractivity contribution in [2.75, 3.05) is 13.1 Å². The van der Waals surface area contributed by atoms with Crippen LogP contribution >= 0.6 is 0 Å². The molecule has 0 spiro atoms. The number of allylic oxidation sites excluding steroid dienone is 1. The second-order valence-electron chi connectivity index (χ2n) is 6.90. The Balaban J connectivity index is 1.51. The molecule has 1 amide bonds. The molecule has 0 atom stereocenters. The van der Waals surface area contributed by atoms with Crippen molar-refractivity contribution in [3.63, 3.8) is 0 Å². The molecule has 0 fully saturated rings. The van der Waals surface area contributed by atoms with Crippen LogP contribution in [-0.4, -0.2) is 34.0 Å². The maximum absolute atomic E-state index is 12.9. The fraction of sp³-hybridized carbons (Fsp3) is 0.286. The number of ether oxygens (including phenoxy) is 1. The summed E-state index contributed by atoms with van der Waals surface area (Å²) in [5.41, 5.74) is 2.00. The van der Waals surface area contributed by atoms with Crippen molar-refractivity contribution in [2.45, 2.75) is 25.9 Å². The van der Waals surface area contributed by atoms with Gasteiger partial charge in [0.05, 0.1) is 11.3 Å². The highest BCUT2D eigenvalue weighted by Crippen LogP contribution is 2.29. The smallest absolute Gasteiger partial charge is 0.387 e. The summed E-state index contributed by atoms with van der Waals surface area (Å²) in [5.74, 6) is -0.665. The lowest BCUT2D eigenvalue weighted by molar-refractivity contribution is -0.120. The number of hydrogen-bond acceptors (Lipinski definition) is 4. The third-order valence-electron chi connectivity index (χ3n) is 4.66. The largest absolute Gasteiger partial charge is 0.435 e. The van der Waals surface area contributed by atoms with Gasteiger partial charge in [0.25, 0.3) is 0 Å². The Morgan fingerprint density at radius 1 is 1.06 bits per heavy atom. The zero-order valence-electron chi connectivity index (χ0n) is 16.4. The van der Waals surface area contributed by atoms with E-state index in [-0.39, 0.29) is 48.3 Å². The number of nitrogens with one attached hydrogen (secondary N) is 2. The first-order chi connectivity index (χ1) is 14.7. The fourth-order valence-electron chi connectivity index (χ4n) is 3.16.